The molecule has 6 heteroatoms. The van der Waals surface area contributed by atoms with Gasteiger partial charge in [-0.15, -0.1) is 0 Å². The minimum Gasteiger partial charge on any atom is -0.481 e. The van der Waals surface area contributed by atoms with Crippen LogP contribution in [-0.2, 0) is 20.8 Å². The quantitative estimate of drug-likeness (QED) is 0.609. The average molecular weight is 320 g/mol. The normalized spacial score (nSPS) is 11.5. The third-order valence-electron chi connectivity index (χ3n) is 3.48. The standard InChI is InChI=1S/C17H24N2O4/c1-18-15(20)8-5-9-16(21)19-14(10-11-17(22)23)12-13-6-3-2-4-7-13/h2-4,6-7,14H,5,8-12H2,1H3,(H,18,20)(H,19,21)(H,22,23). The van der Waals surface area contributed by atoms with Crippen molar-refractivity contribution >= 4 is 17.8 Å². The van der Waals surface area contributed by atoms with Gasteiger partial charge in [0, 0.05) is 32.4 Å². The van der Waals surface area contributed by atoms with Crippen molar-refractivity contribution in [2.75, 3.05) is 7.05 Å². The lowest BCUT2D eigenvalue weighted by atomic mass is 10.0. The topological polar surface area (TPSA) is 95.5 Å². The molecule has 0 saturated heterocycles. The van der Waals surface area contributed by atoms with Crippen molar-refractivity contribution in [3.05, 3.63) is 35.9 Å². The van der Waals surface area contributed by atoms with Crippen LogP contribution >= 0.6 is 0 Å². The van der Waals surface area contributed by atoms with Crippen LogP contribution in [0.3, 0.4) is 0 Å². The van der Waals surface area contributed by atoms with Crippen LogP contribution < -0.4 is 10.6 Å². The Balaban J connectivity index is 2.49. The summed E-state index contributed by atoms with van der Waals surface area (Å²) in [5.41, 5.74) is 1.05. The minimum atomic E-state index is -0.878. The van der Waals surface area contributed by atoms with E-state index in [4.69, 9.17) is 5.11 Å². The molecule has 3 N–H and O–H groups in total. The predicted octanol–water partition coefficient (Wildman–Crippen LogP) is 1.50. The van der Waals surface area contributed by atoms with Crippen LogP contribution in [0, 0.1) is 0 Å². The van der Waals surface area contributed by atoms with Gasteiger partial charge in [-0.2, -0.15) is 0 Å². The number of hydrogen-bond acceptors (Lipinski definition) is 3. The number of aliphatic carboxylic acids is 1. The molecule has 0 aromatic heterocycles. The first kappa shape index (κ1) is 18.7. The summed E-state index contributed by atoms with van der Waals surface area (Å²) in [7, 11) is 1.56. The zero-order valence-corrected chi connectivity index (χ0v) is 13.4. The highest BCUT2D eigenvalue weighted by Crippen LogP contribution is 2.09. The largest absolute Gasteiger partial charge is 0.481 e. The molecule has 2 amide bonds. The smallest absolute Gasteiger partial charge is 0.303 e. The second-order valence-corrected chi connectivity index (χ2v) is 5.41. The Morgan fingerprint density at radius 1 is 1.04 bits per heavy atom. The SMILES string of the molecule is CNC(=O)CCCC(=O)NC(CCC(=O)O)Cc1ccccc1. The monoisotopic (exact) mass is 320 g/mol. The van der Waals surface area contributed by atoms with E-state index in [9.17, 15) is 14.4 Å². The molecular weight excluding hydrogens is 296 g/mol. The molecule has 0 aliphatic carbocycles. The highest BCUT2D eigenvalue weighted by Gasteiger charge is 2.15. The first-order valence-electron chi connectivity index (χ1n) is 7.77. The fourth-order valence-corrected chi connectivity index (χ4v) is 2.26. The Morgan fingerprint density at radius 3 is 2.30 bits per heavy atom. The number of carboxylic acids is 1. The summed E-state index contributed by atoms with van der Waals surface area (Å²) in [6.45, 7) is 0. The van der Waals surface area contributed by atoms with Crippen molar-refractivity contribution in [3.63, 3.8) is 0 Å². The van der Waals surface area contributed by atoms with E-state index in [0.717, 1.165) is 5.56 Å². The van der Waals surface area contributed by atoms with Crippen molar-refractivity contribution in [1.82, 2.24) is 10.6 Å². The molecule has 1 aromatic rings. The lowest BCUT2D eigenvalue weighted by Gasteiger charge is -2.18. The van der Waals surface area contributed by atoms with Gasteiger partial charge in [0.1, 0.15) is 0 Å². The molecular formula is C17H24N2O4. The first-order chi connectivity index (χ1) is 11.0. The molecule has 0 spiro atoms. The van der Waals surface area contributed by atoms with Gasteiger partial charge in [0.25, 0.3) is 0 Å². The van der Waals surface area contributed by atoms with E-state index >= 15 is 0 Å². The second-order valence-electron chi connectivity index (χ2n) is 5.41. The summed E-state index contributed by atoms with van der Waals surface area (Å²) in [5.74, 6) is -1.12. The maximum Gasteiger partial charge on any atom is 0.303 e. The van der Waals surface area contributed by atoms with Crippen LogP contribution in [0.4, 0.5) is 0 Å². The van der Waals surface area contributed by atoms with Gasteiger partial charge in [0.15, 0.2) is 0 Å². The number of benzene rings is 1. The van der Waals surface area contributed by atoms with E-state index in [1.54, 1.807) is 7.05 Å². The fraction of sp³-hybridized carbons (Fsp3) is 0.471. The van der Waals surface area contributed by atoms with Crippen LogP contribution in [-0.4, -0.2) is 36.0 Å². The van der Waals surface area contributed by atoms with Crippen LogP contribution in [0.2, 0.25) is 0 Å². The van der Waals surface area contributed by atoms with Crippen molar-refractivity contribution in [2.24, 2.45) is 0 Å². The Labute approximate surface area is 136 Å². The lowest BCUT2D eigenvalue weighted by Crippen LogP contribution is -2.37. The van der Waals surface area contributed by atoms with Crippen LogP contribution in [0.5, 0.6) is 0 Å². The summed E-state index contributed by atoms with van der Waals surface area (Å²) >= 11 is 0. The number of amides is 2. The number of nitrogens with one attached hydrogen (secondary N) is 2. The van der Waals surface area contributed by atoms with Gasteiger partial charge in [0.05, 0.1) is 0 Å². The van der Waals surface area contributed by atoms with Crippen molar-refractivity contribution in [3.8, 4) is 0 Å². The van der Waals surface area contributed by atoms with Gasteiger partial charge >= 0.3 is 5.97 Å². The Bertz CT molecular complexity index is 517. The third-order valence-corrected chi connectivity index (χ3v) is 3.48. The van der Waals surface area contributed by atoms with E-state index < -0.39 is 5.97 Å². The molecule has 126 valence electrons. The lowest BCUT2D eigenvalue weighted by molar-refractivity contribution is -0.137. The Morgan fingerprint density at radius 2 is 1.70 bits per heavy atom. The summed E-state index contributed by atoms with van der Waals surface area (Å²) < 4.78 is 0. The first-order valence-corrected chi connectivity index (χ1v) is 7.77. The van der Waals surface area contributed by atoms with Crippen LogP contribution in [0.25, 0.3) is 0 Å². The van der Waals surface area contributed by atoms with Gasteiger partial charge in [-0.3, -0.25) is 14.4 Å². The van der Waals surface area contributed by atoms with Crippen molar-refractivity contribution in [1.29, 1.82) is 0 Å². The van der Waals surface area contributed by atoms with Gasteiger partial charge in [-0.1, -0.05) is 30.3 Å². The molecule has 0 aliphatic heterocycles. The van der Waals surface area contributed by atoms with Crippen LogP contribution in [0.15, 0.2) is 30.3 Å². The van der Waals surface area contributed by atoms with Crippen LogP contribution in [0.1, 0.15) is 37.7 Å². The molecule has 6 nitrogen and oxygen atoms in total. The van der Waals surface area contributed by atoms with E-state index in [0.29, 0.717) is 25.7 Å². The number of carbonyl (C=O) groups is 3. The van der Waals surface area contributed by atoms with Gasteiger partial charge < -0.3 is 15.7 Å². The Kier molecular flexibility index (Phi) is 8.42. The molecule has 0 bridgehead atoms. The van der Waals surface area contributed by atoms with Gasteiger partial charge in [-0.05, 0) is 24.8 Å². The number of carbonyl (C=O) groups excluding carboxylic acids is 2. The summed E-state index contributed by atoms with van der Waals surface area (Å²) in [6.07, 6.45) is 2.02. The maximum atomic E-state index is 12.0. The third kappa shape index (κ3) is 8.60. The molecule has 0 heterocycles. The molecule has 0 fully saturated rings. The van der Waals surface area contributed by atoms with E-state index in [2.05, 4.69) is 10.6 Å². The molecule has 23 heavy (non-hydrogen) atoms. The van der Waals surface area contributed by atoms with E-state index in [1.807, 2.05) is 30.3 Å². The molecule has 0 aliphatic rings. The maximum absolute atomic E-state index is 12.0. The zero-order valence-electron chi connectivity index (χ0n) is 13.4. The summed E-state index contributed by atoms with van der Waals surface area (Å²) in [6, 6.07) is 9.41. The fourth-order valence-electron chi connectivity index (χ4n) is 2.26. The van der Waals surface area contributed by atoms with Crippen molar-refractivity contribution < 1.29 is 19.5 Å². The zero-order chi connectivity index (χ0) is 17.1. The second kappa shape index (κ2) is 10.4. The molecule has 1 unspecified atom stereocenters. The molecule has 0 saturated carbocycles. The average Bonchev–Trinajstić information content (AvgIpc) is 2.53. The summed E-state index contributed by atoms with van der Waals surface area (Å²) in [4.78, 5) is 33.9. The summed E-state index contributed by atoms with van der Waals surface area (Å²) in [5, 5.41) is 14.2. The number of carboxylic acid groups (broad SMARTS) is 1. The highest BCUT2D eigenvalue weighted by molar-refractivity contribution is 5.78. The molecule has 1 aromatic carbocycles. The molecule has 1 atom stereocenters. The van der Waals surface area contributed by atoms with E-state index in [-0.39, 0.29) is 30.7 Å². The van der Waals surface area contributed by atoms with E-state index in [1.165, 1.54) is 0 Å². The van der Waals surface area contributed by atoms with Gasteiger partial charge in [0.2, 0.25) is 11.8 Å². The number of rotatable bonds is 10. The van der Waals surface area contributed by atoms with Crippen molar-refractivity contribution in [2.45, 2.75) is 44.6 Å². The highest BCUT2D eigenvalue weighted by atomic mass is 16.4. The predicted molar refractivity (Wildman–Crippen MR) is 86.9 cm³/mol. The molecule has 0 radical (unpaired) electrons. The minimum absolute atomic E-state index is 0.00994. The molecule has 1 rings (SSSR count). The van der Waals surface area contributed by atoms with Gasteiger partial charge in [-0.25, -0.2) is 0 Å². The Hall–Kier alpha value is -2.37. The number of hydrogen-bond donors (Lipinski definition) is 3.